The Morgan fingerprint density at radius 3 is 2.54 bits per heavy atom. The van der Waals surface area contributed by atoms with Crippen molar-refractivity contribution in [1.82, 2.24) is 10.6 Å². The molecule has 26 heavy (non-hydrogen) atoms. The molecule has 9 heteroatoms. The summed E-state index contributed by atoms with van der Waals surface area (Å²) in [4.78, 5) is 5.92. The van der Waals surface area contributed by atoms with E-state index >= 15 is 0 Å². The van der Waals surface area contributed by atoms with Crippen molar-refractivity contribution in [2.24, 2.45) is 4.99 Å². The summed E-state index contributed by atoms with van der Waals surface area (Å²) in [6, 6.07) is 10.8. The van der Waals surface area contributed by atoms with Gasteiger partial charge in [0.1, 0.15) is 0 Å². The third-order valence-corrected chi connectivity index (χ3v) is 6.76. The number of guanidine groups is 1. The molecule has 1 aromatic carbocycles. The second kappa shape index (κ2) is 11.3. The fourth-order valence-electron chi connectivity index (χ4n) is 2.17. The van der Waals surface area contributed by atoms with Crippen molar-refractivity contribution in [3.8, 4) is 0 Å². The van der Waals surface area contributed by atoms with E-state index in [1.54, 1.807) is 35.6 Å². The standard InChI is InChI=1S/C17H22BrN3O2S2.HI/c1-3-19-17(21-13(2)16-5-4-11-24-16)20-10-12-25(22,23)15-8-6-14(18)7-9-15;/h4-9,11,13H,3,10,12H2,1-2H3,(H2,19,20,21);1H. The van der Waals surface area contributed by atoms with Crippen LogP contribution in [0.15, 0.2) is 56.1 Å². The molecular weight excluding hydrogens is 549 g/mol. The molecule has 0 bridgehead atoms. The molecule has 0 radical (unpaired) electrons. The molecule has 1 aromatic heterocycles. The number of nitrogens with one attached hydrogen (secondary N) is 2. The topological polar surface area (TPSA) is 70.6 Å². The molecule has 0 aliphatic carbocycles. The van der Waals surface area contributed by atoms with Gasteiger partial charge in [0.2, 0.25) is 0 Å². The first-order valence-corrected chi connectivity index (χ1v) is 11.3. The predicted octanol–water partition coefficient (Wildman–Crippen LogP) is 4.22. The van der Waals surface area contributed by atoms with E-state index in [1.807, 2.05) is 18.4 Å². The van der Waals surface area contributed by atoms with Crippen LogP contribution in [0.5, 0.6) is 0 Å². The first kappa shape index (κ1) is 23.4. The molecule has 5 nitrogen and oxygen atoms in total. The second-order valence-corrected chi connectivity index (χ2v) is 9.42. The molecule has 0 spiro atoms. The minimum Gasteiger partial charge on any atom is -0.357 e. The van der Waals surface area contributed by atoms with E-state index in [9.17, 15) is 8.42 Å². The Kier molecular flexibility index (Phi) is 10.1. The van der Waals surface area contributed by atoms with E-state index < -0.39 is 9.84 Å². The normalized spacial score (nSPS) is 13.0. The first-order chi connectivity index (χ1) is 11.9. The summed E-state index contributed by atoms with van der Waals surface area (Å²) >= 11 is 4.98. The van der Waals surface area contributed by atoms with E-state index in [1.165, 1.54) is 4.88 Å². The zero-order valence-corrected chi connectivity index (χ0v) is 20.2. The minimum atomic E-state index is -3.34. The highest BCUT2D eigenvalue weighted by atomic mass is 127. The van der Waals surface area contributed by atoms with Crippen LogP contribution in [0.1, 0.15) is 24.8 Å². The van der Waals surface area contributed by atoms with E-state index in [0.717, 1.165) is 4.47 Å². The summed E-state index contributed by atoms with van der Waals surface area (Å²) in [6.07, 6.45) is 0. The molecule has 0 aliphatic rings. The number of hydrogen-bond donors (Lipinski definition) is 2. The Bertz CT molecular complexity index is 794. The monoisotopic (exact) mass is 571 g/mol. The van der Waals surface area contributed by atoms with Gasteiger partial charge in [-0.3, -0.25) is 4.99 Å². The molecular formula is C17H23BrIN3O2S2. The molecule has 2 aromatic rings. The lowest BCUT2D eigenvalue weighted by Crippen LogP contribution is -2.38. The molecule has 1 heterocycles. The van der Waals surface area contributed by atoms with Crippen LogP contribution < -0.4 is 10.6 Å². The zero-order chi connectivity index (χ0) is 18.3. The molecule has 0 saturated carbocycles. The average Bonchev–Trinajstić information content (AvgIpc) is 3.10. The lowest BCUT2D eigenvalue weighted by atomic mass is 10.3. The number of benzene rings is 1. The van der Waals surface area contributed by atoms with E-state index in [4.69, 9.17) is 0 Å². The summed E-state index contributed by atoms with van der Waals surface area (Å²) in [6.45, 7) is 4.94. The van der Waals surface area contributed by atoms with Gasteiger partial charge in [0.25, 0.3) is 0 Å². The maximum atomic E-state index is 12.4. The van der Waals surface area contributed by atoms with Gasteiger partial charge in [-0.15, -0.1) is 35.3 Å². The molecule has 2 N–H and O–H groups in total. The van der Waals surface area contributed by atoms with Gasteiger partial charge in [0.05, 0.1) is 23.2 Å². The summed E-state index contributed by atoms with van der Waals surface area (Å²) in [5.74, 6) is 0.591. The lowest BCUT2D eigenvalue weighted by molar-refractivity contribution is 0.595. The Hall–Kier alpha value is -0.650. The molecule has 0 amide bonds. The molecule has 0 fully saturated rings. The van der Waals surface area contributed by atoms with Crippen LogP contribution in [0.3, 0.4) is 0 Å². The minimum absolute atomic E-state index is 0. The molecule has 0 saturated heterocycles. The van der Waals surface area contributed by atoms with Gasteiger partial charge >= 0.3 is 0 Å². The lowest BCUT2D eigenvalue weighted by Gasteiger charge is -2.16. The number of hydrogen-bond acceptors (Lipinski definition) is 4. The zero-order valence-electron chi connectivity index (χ0n) is 14.6. The third-order valence-electron chi connectivity index (χ3n) is 3.47. The predicted molar refractivity (Wildman–Crippen MR) is 123 cm³/mol. The number of halogens is 2. The molecule has 1 atom stereocenters. The van der Waals surface area contributed by atoms with Crippen molar-refractivity contribution >= 4 is 67.0 Å². The van der Waals surface area contributed by atoms with Gasteiger partial charge in [-0.2, -0.15) is 0 Å². The maximum absolute atomic E-state index is 12.4. The van der Waals surface area contributed by atoms with Crippen molar-refractivity contribution in [3.05, 3.63) is 51.1 Å². The van der Waals surface area contributed by atoms with Crippen LogP contribution >= 0.6 is 51.2 Å². The highest BCUT2D eigenvalue weighted by molar-refractivity contribution is 14.0. The Morgan fingerprint density at radius 1 is 1.27 bits per heavy atom. The van der Waals surface area contributed by atoms with Crippen molar-refractivity contribution in [2.75, 3.05) is 18.8 Å². The van der Waals surface area contributed by atoms with Gasteiger partial charge in [-0.25, -0.2) is 8.42 Å². The fourth-order valence-corrected chi connectivity index (χ4v) is 4.29. The van der Waals surface area contributed by atoms with E-state index in [-0.39, 0.29) is 42.3 Å². The summed E-state index contributed by atoms with van der Waals surface area (Å²) < 4.78 is 25.6. The number of sulfone groups is 1. The first-order valence-electron chi connectivity index (χ1n) is 7.99. The molecule has 1 unspecified atom stereocenters. The number of rotatable bonds is 7. The van der Waals surface area contributed by atoms with Crippen LogP contribution in [-0.2, 0) is 9.84 Å². The van der Waals surface area contributed by atoms with Crippen molar-refractivity contribution in [1.29, 1.82) is 0 Å². The van der Waals surface area contributed by atoms with Gasteiger partial charge in [0.15, 0.2) is 15.8 Å². The second-order valence-electron chi connectivity index (χ2n) is 5.41. The molecule has 0 aliphatic heterocycles. The average molecular weight is 572 g/mol. The number of aliphatic imine (C=N–C) groups is 1. The van der Waals surface area contributed by atoms with Crippen molar-refractivity contribution < 1.29 is 8.42 Å². The van der Waals surface area contributed by atoms with Crippen molar-refractivity contribution in [2.45, 2.75) is 24.8 Å². The fraction of sp³-hybridized carbons (Fsp3) is 0.353. The van der Waals surface area contributed by atoms with E-state index in [2.05, 4.69) is 44.5 Å². The van der Waals surface area contributed by atoms with E-state index in [0.29, 0.717) is 17.4 Å². The van der Waals surface area contributed by atoms with Crippen LogP contribution in [0.2, 0.25) is 0 Å². The van der Waals surface area contributed by atoms with Crippen LogP contribution in [0, 0.1) is 0 Å². The van der Waals surface area contributed by atoms with Crippen LogP contribution in [0.25, 0.3) is 0 Å². The number of nitrogens with zero attached hydrogens (tertiary/aromatic N) is 1. The highest BCUT2D eigenvalue weighted by Crippen LogP contribution is 2.18. The quantitative estimate of drug-likeness (QED) is 0.297. The van der Waals surface area contributed by atoms with Gasteiger partial charge in [-0.05, 0) is 49.6 Å². The highest BCUT2D eigenvalue weighted by Gasteiger charge is 2.14. The summed E-state index contributed by atoms with van der Waals surface area (Å²) in [5, 5.41) is 8.48. The molecule has 2 rings (SSSR count). The Morgan fingerprint density at radius 2 is 1.96 bits per heavy atom. The van der Waals surface area contributed by atoms with Gasteiger partial charge in [0, 0.05) is 15.9 Å². The smallest absolute Gasteiger partial charge is 0.191 e. The number of thiophene rings is 1. The largest absolute Gasteiger partial charge is 0.357 e. The third kappa shape index (κ3) is 7.16. The SMILES string of the molecule is CCNC(=NCCS(=O)(=O)c1ccc(Br)cc1)NC(C)c1cccs1.I. The Labute approximate surface area is 184 Å². The summed E-state index contributed by atoms with van der Waals surface area (Å²) in [7, 11) is -3.34. The van der Waals surface area contributed by atoms with Gasteiger partial charge in [-0.1, -0.05) is 22.0 Å². The Balaban J connectivity index is 0.00000338. The van der Waals surface area contributed by atoms with Crippen LogP contribution in [0.4, 0.5) is 0 Å². The van der Waals surface area contributed by atoms with Crippen LogP contribution in [-0.4, -0.2) is 33.2 Å². The summed E-state index contributed by atoms with van der Waals surface area (Å²) in [5.41, 5.74) is 0. The molecule has 144 valence electrons. The maximum Gasteiger partial charge on any atom is 0.191 e. The van der Waals surface area contributed by atoms with Crippen molar-refractivity contribution in [3.63, 3.8) is 0 Å². The van der Waals surface area contributed by atoms with Gasteiger partial charge < -0.3 is 10.6 Å².